The van der Waals surface area contributed by atoms with Gasteiger partial charge in [-0.2, -0.15) is 0 Å². The third-order valence-electron chi connectivity index (χ3n) is 5.37. The molecule has 0 saturated heterocycles. The summed E-state index contributed by atoms with van der Waals surface area (Å²) in [5.41, 5.74) is 0.404. The van der Waals surface area contributed by atoms with Gasteiger partial charge in [-0.25, -0.2) is 0 Å². The number of rotatable bonds is 9. The Bertz CT molecular complexity index is 302. The first-order valence-corrected chi connectivity index (χ1v) is 9.06. The molecule has 2 fully saturated rings. The maximum atomic E-state index is 5.83. The summed E-state index contributed by atoms with van der Waals surface area (Å²) in [5, 5.41) is 3.83. The van der Waals surface area contributed by atoms with Crippen molar-refractivity contribution >= 4 is 0 Å². The summed E-state index contributed by atoms with van der Waals surface area (Å²) in [4.78, 5) is 2.54. The first kappa shape index (κ1) is 17.2. The Hall–Kier alpha value is -0.120. The van der Waals surface area contributed by atoms with Gasteiger partial charge in [0, 0.05) is 25.2 Å². The van der Waals surface area contributed by atoms with E-state index in [1.54, 1.807) is 0 Å². The third kappa shape index (κ3) is 5.22. The number of nitrogens with zero attached hydrogens (tertiary/aromatic N) is 1. The van der Waals surface area contributed by atoms with E-state index in [0.29, 0.717) is 17.5 Å². The molecule has 0 aromatic carbocycles. The second-order valence-electron chi connectivity index (χ2n) is 7.88. The van der Waals surface area contributed by atoms with Gasteiger partial charge < -0.3 is 10.1 Å². The summed E-state index contributed by atoms with van der Waals surface area (Å²) in [6, 6.07) is 1.27. The Labute approximate surface area is 131 Å². The van der Waals surface area contributed by atoms with Crippen LogP contribution in [0.15, 0.2) is 0 Å². The van der Waals surface area contributed by atoms with E-state index in [9.17, 15) is 0 Å². The topological polar surface area (TPSA) is 24.5 Å². The molecule has 2 aliphatic rings. The minimum absolute atomic E-state index is 0.404. The molecule has 0 aromatic heterocycles. The number of hydrogen-bond acceptors (Lipinski definition) is 3. The molecule has 0 radical (unpaired) electrons. The van der Waals surface area contributed by atoms with Gasteiger partial charge >= 0.3 is 0 Å². The second-order valence-corrected chi connectivity index (χ2v) is 7.88. The van der Waals surface area contributed by atoms with Gasteiger partial charge in [-0.15, -0.1) is 0 Å². The zero-order valence-corrected chi connectivity index (χ0v) is 14.7. The molecule has 1 N–H and O–H groups in total. The predicted molar refractivity (Wildman–Crippen MR) is 89.7 cm³/mol. The van der Waals surface area contributed by atoms with Crippen molar-refractivity contribution in [3.63, 3.8) is 0 Å². The van der Waals surface area contributed by atoms with Gasteiger partial charge in [0.2, 0.25) is 0 Å². The normalized spacial score (nSPS) is 29.0. The Morgan fingerprint density at radius 1 is 1.24 bits per heavy atom. The Balaban J connectivity index is 1.80. The van der Waals surface area contributed by atoms with Crippen molar-refractivity contribution in [3.05, 3.63) is 0 Å². The molecule has 2 atom stereocenters. The maximum absolute atomic E-state index is 5.83. The molecule has 2 saturated carbocycles. The van der Waals surface area contributed by atoms with Crippen LogP contribution in [0.1, 0.15) is 59.3 Å². The van der Waals surface area contributed by atoms with Crippen molar-refractivity contribution in [3.8, 4) is 0 Å². The van der Waals surface area contributed by atoms with E-state index in [0.717, 1.165) is 32.2 Å². The summed E-state index contributed by atoms with van der Waals surface area (Å²) < 4.78 is 5.83. The van der Waals surface area contributed by atoms with E-state index < -0.39 is 0 Å². The number of hydrogen-bond donors (Lipinski definition) is 1. The zero-order chi connectivity index (χ0) is 15.3. The molecule has 124 valence electrons. The largest absolute Gasteiger partial charge is 0.380 e. The Morgan fingerprint density at radius 3 is 2.67 bits per heavy atom. The van der Waals surface area contributed by atoms with Crippen LogP contribution >= 0.6 is 0 Å². The van der Waals surface area contributed by atoms with Crippen molar-refractivity contribution in [2.75, 3.05) is 33.4 Å². The lowest BCUT2D eigenvalue weighted by atomic mass is 9.70. The summed E-state index contributed by atoms with van der Waals surface area (Å²) in [6.45, 7) is 11.2. The van der Waals surface area contributed by atoms with Crippen LogP contribution in [0.4, 0.5) is 0 Å². The molecule has 0 amide bonds. The highest BCUT2D eigenvalue weighted by atomic mass is 16.5. The summed E-state index contributed by atoms with van der Waals surface area (Å²) in [6.07, 6.45) is 8.01. The van der Waals surface area contributed by atoms with Gasteiger partial charge in [0.05, 0.1) is 6.61 Å². The molecular formula is C18H36N2O. The smallest absolute Gasteiger partial charge is 0.0593 e. The van der Waals surface area contributed by atoms with Crippen molar-refractivity contribution in [2.45, 2.75) is 71.4 Å². The number of ether oxygens (including phenoxy) is 1. The molecule has 0 aromatic rings. The first-order valence-electron chi connectivity index (χ1n) is 9.06. The van der Waals surface area contributed by atoms with E-state index in [-0.39, 0.29) is 0 Å². The minimum Gasteiger partial charge on any atom is -0.380 e. The molecular weight excluding hydrogens is 260 g/mol. The van der Waals surface area contributed by atoms with Gasteiger partial charge in [0.15, 0.2) is 0 Å². The standard InChI is InChI=1S/C18H36N2O/c1-5-11-19-17-16(7-6-10-18(17,2)3)20(4)12-13-21-14-15-8-9-15/h15-17,19H,5-14H2,1-4H3. The predicted octanol–water partition coefficient (Wildman–Crippen LogP) is 3.29. The van der Waals surface area contributed by atoms with Gasteiger partial charge in [-0.3, -0.25) is 4.90 Å². The lowest BCUT2D eigenvalue weighted by Gasteiger charge is -2.48. The molecule has 3 nitrogen and oxygen atoms in total. The summed E-state index contributed by atoms with van der Waals surface area (Å²) >= 11 is 0. The van der Waals surface area contributed by atoms with Crippen molar-refractivity contribution in [1.29, 1.82) is 0 Å². The van der Waals surface area contributed by atoms with Crippen molar-refractivity contribution in [1.82, 2.24) is 10.2 Å². The molecule has 2 unspecified atom stereocenters. The molecule has 3 heteroatoms. The quantitative estimate of drug-likeness (QED) is 0.661. The summed E-state index contributed by atoms with van der Waals surface area (Å²) in [7, 11) is 2.28. The van der Waals surface area contributed by atoms with Crippen LogP contribution in [0.25, 0.3) is 0 Å². The van der Waals surface area contributed by atoms with E-state index in [4.69, 9.17) is 4.74 Å². The van der Waals surface area contributed by atoms with Gasteiger partial charge in [0.25, 0.3) is 0 Å². The van der Waals surface area contributed by atoms with Crippen LogP contribution in [0.5, 0.6) is 0 Å². The van der Waals surface area contributed by atoms with Crippen LogP contribution in [0, 0.1) is 11.3 Å². The van der Waals surface area contributed by atoms with E-state index in [2.05, 4.69) is 38.0 Å². The maximum Gasteiger partial charge on any atom is 0.0593 e. The van der Waals surface area contributed by atoms with Crippen molar-refractivity contribution in [2.24, 2.45) is 11.3 Å². The fourth-order valence-corrected chi connectivity index (χ4v) is 3.71. The third-order valence-corrected chi connectivity index (χ3v) is 5.37. The molecule has 0 heterocycles. The Morgan fingerprint density at radius 2 is 2.00 bits per heavy atom. The lowest BCUT2D eigenvalue weighted by Crippen LogP contribution is -2.58. The van der Waals surface area contributed by atoms with Crippen molar-refractivity contribution < 1.29 is 4.74 Å². The van der Waals surface area contributed by atoms with Crippen LogP contribution in [0.2, 0.25) is 0 Å². The van der Waals surface area contributed by atoms with Crippen LogP contribution in [-0.2, 0) is 4.74 Å². The second kappa shape index (κ2) is 7.94. The van der Waals surface area contributed by atoms with E-state index in [1.807, 2.05) is 0 Å². The lowest BCUT2D eigenvalue weighted by molar-refractivity contribution is 0.0377. The monoisotopic (exact) mass is 296 g/mol. The van der Waals surface area contributed by atoms with E-state index in [1.165, 1.54) is 38.5 Å². The molecule has 0 aliphatic heterocycles. The minimum atomic E-state index is 0.404. The molecule has 21 heavy (non-hydrogen) atoms. The molecule has 2 aliphatic carbocycles. The van der Waals surface area contributed by atoms with Gasteiger partial charge in [-0.05, 0) is 57.0 Å². The van der Waals surface area contributed by atoms with Crippen LogP contribution in [0.3, 0.4) is 0 Å². The fraction of sp³-hybridized carbons (Fsp3) is 1.00. The zero-order valence-electron chi connectivity index (χ0n) is 14.7. The highest BCUT2D eigenvalue weighted by Crippen LogP contribution is 2.37. The average molecular weight is 296 g/mol. The Kier molecular flexibility index (Phi) is 6.51. The molecule has 0 bridgehead atoms. The number of nitrogens with one attached hydrogen (secondary N) is 1. The van der Waals surface area contributed by atoms with Crippen LogP contribution in [-0.4, -0.2) is 50.3 Å². The fourth-order valence-electron chi connectivity index (χ4n) is 3.71. The average Bonchev–Trinajstić information content (AvgIpc) is 3.25. The van der Waals surface area contributed by atoms with Gasteiger partial charge in [-0.1, -0.05) is 27.2 Å². The highest BCUT2D eigenvalue weighted by Gasteiger charge is 2.40. The molecule has 0 spiro atoms. The molecule has 2 rings (SSSR count). The highest BCUT2D eigenvalue weighted by molar-refractivity contribution is 4.97. The first-order chi connectivity index (χ1) is 10.0. The SMILES string of the molecule is CCCNC1C(N(C)CCOCC2CC2)CCCC1(C)C. The van der Waals surface area contributed by atoms with Gasteiger partial charge in [0.1, 0.15) is 0 Å². The number of likely N-dealkylation sites (N-methyl/N-ethyl adjacent to an activating group) is 1. The summed E-state index contributed by atoms with van der Waals surface area (Å²) in [5.74, 6) is 0.878. The van der Waals surface area contributed by atoms with Crippen LogP contribution < -0.4 is 5.32 Å². The van der Waals surface area contributed by atoms with E-state index >= 15 is 0 Å².